The van der Waals surface area contributed by atoms with Gasteiger partial charge in [-0.3, -0.25) is 9.48 Å². The number of carbonyl (C=O) groups excluding carboxylic acids is 1. The van der Waals surface area contributed by atoms with Crippen LogP contribution in [0.25, 0.3) is 11.0 Å². The zero-order valence-electron chi connectivity index (χ0n) is 17.2. The molecule has 0 saturated heterocycles. The Morgan fingerprint density at radius 1 is 1.27 bits per heavy atom. The second kappa shape index (κ2) is 7.10. The van der Waals surface area contributed by atoms with E-state index < -0.39 is 11.7 Å². The monoisotopic (exact) mass is 420 g/mol. The molecule has 4 rings (SSSR count). The summed E-state index contributed by atoms with van der Waals surface area (Å²) in [5, 5.41) is 11.3. The number of amides is 1. The van der Waals surface area contributed by atoms with Gasteiger partial charge in [-0.1, -0.05) is 0 Å². The number of pyridine rings is 1. The third-order valence-corrected chi connectivity index (χ3v) is 5.39. The molecule has 0 bridgehead atoms. The highest BCUT2D eigenvalue weighted by molar-refractivity contribution is 5.85. The van der Waals surface area contributed by atoms with Gasteiger partial charge in [0.25, 0.3) is 0 Å². The minimum Gasteiger partial charge on any atom is -0.348 e. The molecular formula is C20H23F3N6O. The first-order valence-corrected chi connectivity index (χ1v) is 9.79. The van der Waals surface area contributed by atoms with E-state index in [0.717, 1.165) is 30.2 Å². The number of rotatable bonds is 5. The summed E-state index contributed by atoms with van der Waals surface area (Å²) < 4.78 is 44.0. The number of nitrogens with one attached hydrogen (secondary N) is 1. The average molecular weight is 420 g/mol. The number of aromatic nitrogens is 5. The Labute approximate surface area is 171 Å². The Balaban J connectivity index is 1.65. The van der Waals surface area contributed by atoms with E-state index in [1.165, 1.54) is 11.6 Å². The standard InChI is InChI=1S/C20H23F3N6O/c1-10(14-8-28(4)26-11(14)2)24-17(30)9-29-19-18(12(3)27-29)15(20(21,22)23)7-16(25-19)13-5-6-13/h7-8,10,13H,5-6,9H2,1-4H3,(H,24,30)/t10-/m0/s1. The van der Waals surface area contributed by atoms with Crippen molar-refractivity contribution in [1.29, 1.82) is 0 Å². The maximum absolute atomic E-state index is 13.7. The van der Waals surface area contributed by atoms with Crippen LogP contribution in [0.4, 0.5) is 13.2 Å². The summed E-state index contributed by atoms with van der Waals surface area (Å²) in [6.07, 6.45) is -1.04. The van der Waals surface area contributed by atoms with Gasteiger partial charge >= 0.3 is 6.18 Å². The Bertz CT molecular complexity index is 1130. The van der Waals surface area contributed by atoms with Crippen molar-refractivity contribution in [1.82, 2.24) is 29.9 Å². The number of nitrogens with zero attached hydrogens (tertiary/aromatic N) is 5. The van der Waals surface area contributed by atoms with Gasteiger partial charge in [0.2, 0.25) is 5.91 Å². The van der Waals surface area contributed by atoms with Crippen molar-refractivity contribution in [3.63, 3.8) is 0 Å². The molecule has 160 valence electrons. The van der Waals surface area contributed by atoms with Crippen LogP contribution in [0, 0.1) is 13.8 Å². The number of fused-ring (bicyclic) bond motifs is 1. The Morgan fingerprint density at radius 2 is 1.97 bits per heavy atom. The Hall–Kier alpha value is -2.91. The molecule has 0 aliphatic heterocycles. The molecule has 3 heterocycles. The molecule has 7 nitrogen and oxygen atoms in total. The van der Waals surface area contributed by atoms with Crippen LogP contribution in [0.5, 0.6) is 0 Å². The molecule has 0 radical (unpaired) electrons. The highest BCUT2D eigenvalue weighted by atomic mass is 19.4. The second-order valence-corrected chi connectivity index (χ2v) is 7.94. The fraction of sp³-hybridized carbons (Fsp3) is 0.500. The van der Waals surface area contributed by atoms with Gasteiger partial charge in [0.15, 0.2) is 5.65 Å². The minimum atomic E-state index is -4.52. The second-order valence-electron chi connectivity index (χ2n) is 7.94. The normalized spacial score (nSPS) is 15.6. The van der Waals surface area contributed by atoms with Crippen LogP contribution in [-0.2, 0) is 24.6 Å². The van der Waals surface area contributed by atoms with E-state index in [9.17, 15) is 18.0 Å². The van der Waals surface area contributed by atoms with E-state index in [4.69, 9.17) is 0 Å². The molecule has 1 N–H and O–H groups in total. The van der Waals surface area contributed by atoms with Gasteiger partial charge in [0.1, 0.15) is 6.54 Å². The van der Waals surface area contributed by atoms with Crippen LogP contribution in [0.1, 0.15) is 59.9 Å². The molecule has 1 saturated carbocycles. The zero-order valence-corrected chi connectivity index (χ0v) is 17.2. The molecule has 1 aliphatic carbocycles. The number of aryl methyl sites for hydroxylation is 3. The van der Waals surface area contributed by atoms with E-state index in [1.807, 2.05) is 20.0 Å². The van der Waals surface area contributed by atoms with Gasteiger partial charge in [-0.05, 0) is 39.7 Å². The molecule has 1 fully saturated rings. The molecule has 0 aromatic carbocycles. The van der Waals surface area contributed by atoms with Gasteiger partial charge in [-0.15, -0.1) is 0 Å². The summed E-state index contributed by atoms with van der Waals surface area (Å²) >= 11 is 0. The predicted octanol–water partition coefficient (Wildman–Crippen LogP) is 3.56. The third-order valence-electron chi connectivity index (χ3n) is 5.39. The van der Waals surface area contributed by atoms with E-state index in [2.05, 4.69) is 20.5 Å². The number of halogens is 3. The molecule has 10 heteroatoms. The van der Waals surface area contributed by atoms with Crippen LogP contribution >= 0.6 is 0 Å². The van der Waals surface area contributed by atoms with Crippen molar-refractivity contribution in [3.8, 4) is 0 Å². The molecule has 3 aromatic heterocycles. The largest absolute Gasteiger partial charge is 0.417 e. The van der Waals surface area contributed by atoms with Crippen molar-refractivity contribution in [2.24, 2.45) is 7.05 Å². The average Bonchev–Trinajstić information content (AvgIpc) is 3.37. The fourth-order valence-electron chi connectivity index (χ4n) is 3.84. The van der Waals surface area contributed by atoms with Crippen LogP contribution < -0.4 is 5.32 Å². The van der Waals surface area contributed by atoms with Crippen molar-refractivity contribution in [2.45, 2.75) is 58.3 Å². The highest BCUT2D eigenvalue weighted by Gasteiger charge is 2.37. The summed E-state index contributed by atoms with van der Waals surface area (Å²) in [5.41, 5.74) is 1.66. The molecule has 1 atom stereocenters. The molecule has 0 spiro atoms. The topological polar surface area (TPSA) is 77.6 Å². The smallest absolute Gasteiger partial charge is 0.348 e. The molecule has 1 amide bonds. The third kappa shape index (κ3) is 3.78. The number of alkyl halides is 3. The van der Waals surface area contributed by atoms with Crippen LogP contribution in [0.3, 0.4) is 0 Å². The summed E-state index contributed by atoms with van der Waals surface area (Å²) in [6, 6.07) is 0.835. The van der Waals surface area contributed by atoms with E-state index in [1.54, 1.807) is 11.7 Å². The lowest BCUT2D eigenvalue weighted by Gasteiger charge is -2.14. The van der Waals surface area contributed by atoms with Crippen molar-refractivity contribution in [2.75, 3.05) is 0 Å². The first kappa shape index (κ1) is 20.4. The fourth-order valence-corrected chi connectivity index (χ4v) is 3.84. The summed E-state index contributed by atoms with van der Waals surface area (Å²) in [6.45, 7) is 4.97. The lowest BCUT2D eigenvalue weighted by atomic mass is 10.1. The van der Waals surface area contributed by atoms with E-state index in [-0.39, 0.29) is 41.1 Å². The lowest BCUT2D eigenvalue weighted by molar-refractivity contribution is -0.136. The van der Waals surface area contributed by atoms with E-state index in [0.29, 0.717) is 5.69 Å². The molecule has 30 heavy (non-hydrogen) atoms. The number of carbonyl (C=O) groups is 1. The highest BCUT2D eigenvalue weighted by Crippen LogP contribution is 2.43. The molecule has 0 unspecified atom stereocenters. The zero-order chi connectivity index (χ0) is 21.8. The quantitative estimate of drug-likeness (QED) is 0.685. The predicted molar refractivity (Wildman–Crippen MR) is 104 cm³/mol. The van der Waals surface area contributed by atoms with Crippen LogP contribution in [0.15, 0.2) is 12.3 Å². The maximum Gasteiger partial charge on any atom is 0.417 e. The summed E-state index contributed by atoms with van der Waals surface area (Å²) in [5.74, 6) is -0.316. The molecular weight excluding hydrogens is 397 g/mol. The van der Waals surface area contributed by atoms with Gasteiger partial charge in [-0.2, -0.15) is 23.4 Å². The van der Waals surface area contributed by atoms with Gasteiger partial charge in [-0.25, -0.2) is 9.67 Å². The Morgan fingerprint density at radius 3 is 2.53 bits per heavy atom. The van der Waals surface area contributed by atoms with Crippen molar-refractivity contribution < 1.29 is 18.0 Å². The van der Waals surface area contributed by atoms with Crippen molar-refractivity contribution in [3.05, 3.63) is 40.5 Å². The summed E-state index contributed by atoms with van der Waals surface area (Å²) in [7, 11) is 1.80. The van der Waals surface area contributed by atoms with Crippen LogP contribution in [0.2, 0.25) is 0 Å². The summed E-state index contributed by atoms with van der Waals surface area (Å²) in [4.78, 5) is 17.1. The van der Waals surface area contributed by atoms with Gasteiger partial charge < -0.3 is 5.32 Å². The molecule has 3 aromatic rings. The number of hydrogen-bond acceptors (Lipinski definition) is 4. The maximum atomic E-state index is 13.7. The first-order valence-electron chi connectivity index (χ1n) is 9.79. The van der Waals surface area contributed by atoms with Gasteiger partial charge in [0, 0.05) is 30.4 Å². The van der Waals surface area contributed by atoms with Crippen LogP contribution in [-0.4, -0.2) is 30.5 Å². The van der Waals surface area contributed by atoms with E-state index >= 15 is 0 Å². The number of hydrogen-bond donors (Lipinski definition) is 1. The first-order chi connectivity index (χ1) is 14.0. The Kier molecular flexibility index (Phi) is 4.82. The SMILES string of the molecule is Cc1nn(C)cc1[C@H](C)NC(=O)Cn1nc(C)c2c(C(F)(F)F)cc(C3CC3)nc21. The lowest BCUT2D eigenvalue weighted by Crippen LogP contribution is -2.30. The molecule has 1 aliphatic rings. The minimum absolute atomic E-state index is 0.0431. The van der Waals surface area contributed by atoms with Gasteiger partial charge in [0.05, 0.1) is 28.4 Å². The van der Waals surface area contributed by atoms with Crippen molar-refractivity contribution >= 4 is 16.9 Å².